The number of amides is 2. The number of hydroxylamine groups is 1. The highest BCUT2D eigenvalue weighted by molar-refractivity contribution is 6.30. The van der Waals surface area contributed by atoms with Gasteiger partial charge >= 0.3 is 0 Å². The van der Waals surface area contributed by atoms with Crippen LogP contribution in [0.1, 0.15) is 24.9 Å². The number of nitrogens with zero attached hydrogens (tertiary/aromatic N) is 5. The molecule has 0 saturated carbocycles. The summed E-state index contributed by atoms with van der Waals surface area (Å²) in [6.07, 6.45) is 3.23. The lowest BCUT2D eigenvalue weighted by Gasteiger charge is -2.36. The average Bonchev–Trinajstić information content (AvgIpc) is 3.49. The van der Waals surface area contributed by atoms with Gasteiger partial charge in [-0.2, -0.15) is 0 Å². The first-order valence-electron chi connectivity index (χ1n) is 13.4. The third-order valence-corrected chi connectivity index (χ3v) is 7.51. The van der Waals surface area contributed by atoms with Gasteiger partial charge in [0.1, 0.15) is 23.7 Å². The van der Waals surface area contributed by atoms with Gasteiger partial charge in [0.15, 0.2) is 5.82 Å². The minimum absolute atomic E-state index is 0.0298. The number of hydrogen-bond acceptors (Lipinski definition) is 9. The minimum Gasteiger partial charge on any atom is -0.494 e. The summed E-state index contributed by atoms with van der Waals surface area (Å²) >= 11 is 5.88. The van der Waals surface area contributed by atoms with Gasteiger partial charge in [-0.3, -0.25) is 14.4 Å². The lowest BCUT2D eigenvalue weighted by Crippen LogP contribution is -2.48. The number of nitrogens with one attached hydrogen (secondary N) is 2. The summed E-state index contributed by atoms with van der Waals surface area (Å²) in [6, 6.07) is 9.74. The number of benzene rings is 2. The molecule has 11 nitrogen and oxygen atoms in total. The molecule has 2 fully saturated rings. The van der Waals surface area contributed by atoms with Gasteiger partial charge in [-0.15, -0.1) is 0 Å². The zero-order valence-electron chi connectivity index (χ0n) is 23.3. The molecule has 0 spiro atoms. The first-order valence-corrected chi connectivity index (χ1v) is 13.8. The maximum Gasteiger partial charge on any atom is 0.247 e. The number of methoxy groups -OCH3 is 1. The first kappa shape index (κ1) is 29.1. The molecule has 3 aromatic rings. The summed E-state index contributed by atoms with van der Waals surface area (Å²) in [6.45, 7) is 7.88. The second-order valence-electron chi connectivity index (χ2n) is 9.78. The van der Waals surface area contributed by atoms with E-state index in [1.807, 2.05) is 6.07 Å². The quantitative estimate of drug-likeness (QED) is 0.358. The van der Waals surface area contributed by atoms with Crippen LogP contribution in [-0.4, -0.2) is 66.6 Å². The molecule has 0 unspecified atom stereocenters. The van der Waals surface area contributed by atoms with Crippen molar-refractivity contribution in [3.8, 4) is 5.75 Å². The van der Waals surface area contributed by atoms with E-state index in [-0.39, 0.29) is 22.9 Å². The molecule has 2 aliphatic heterocycles. The van der Waals surface area contributed by atoms with Crippen molar-refractivity contribution in [2.24, 2.45) is 0 Å². The van der Waals surface area contributed by atoms with Crippen LogP contribution in [0.4, 0.5) is 33.1 Å². The van der Waals surface area contributed by atoms with Crippen LogP contribution >= 0.6 is 11.6 Å². The van der Waals surface area contributed by atoms with E-state index in [4.69, 9.17) is 21.2 Å². The summed E-state index contributed by atoms with van der Waals surface area (Å²) in [5.41, 5.74) is 2.56. The van der Waals surface area contributed by atoms with Crippen molar-refractivity contribution in [1.82, 2.24) is 14.9 Å². The fourth-order valence-electron chi connectivity index (χ4n) is 5.03. The fraction of sp³-hybridized carbons (Fsp3) is 0.310. The van der Waals surface area contributed by atoms with Gasteiger partial charge in [0.2, 0.25) is 11.8 Å². The Labute approximate surface area is 247 Å². The largest absolute Gasteiger partial charge is 0.494 e. The molecule has 5 rings (SSSR count). The van der Waals surface area contributed by atoms with E-state index in [1.165, 1.54) is 24.5 Å². The van der Waals surface area contributed by atoms with Gasteiger partial charge in [0.05, 0.1) is 41.8 Å². The molecule has 2 amide bonds. The monoisotopic (exact) mass is 595 g/mol. The summed E-state index contributed by atoms with van der Waals surface area (Å²) < 4.78 is 19.9. The van der Waals surface area contributed by atoms with Crippen LogP contribution in [0, 0.1) is 5.82 Å². The number of piperazine rings is 1. The summed E-state index contributed by atoms with van der Waals surface area (Å²) in [5, 5.41) is 7.83. The molecule has 0 radical (unpaired) electrons. The van der Waals surface area contributed by atoms with Crippen molar-refractivity contribution in [2.75, 3.05) is 60.5 Å². The molecule has 0 aliphatic carbocycles. The highest BCUT2D eigenvalue weighted by atomic mass is 35.5. The van der Waals surface area contributed by atoms with Crippen LogP contribution in [0.5, 0.6) is 5.75 Å². The Hall–Kier alpha value is -4.42. The molecule has 0 bridgehead atoms. The molecule has 1 atom stereocenters. The lowest BCUT2D eigenvalue weighted by atomic mass is 10.0. The van der Waals surface area contributed by atoms with E-state index in [2.05, 4.69) is 32.1 Å². The van der Waals surface area contributed by atoms with Gasteiger partial charge in [0, 0.05) is 51.7 Å². The fourth-order valence-corrected chi connectivity index (χ4v) is 5.15. The molecule has 42 heavy (non-hydrogen) atoms. The number of hydrogen-bond donors (Lipinski definition) is 2. The molecule has 3 heterocycles. The van der Waals surface area contributed by atoms with Crippen LogP contribution in [0.3, 0.4) is 0 Å². The van der Waals surface area contributed by atoms with Gasteiger partial charge in [-0.05, 0) is 29.8 Å². The van der Waals surface area contributed by atoms with Crippen LogP contribution < -0.4 is 25.3 Å². The first-order chi connectivity index (χ1) is 20.3. The van der Waals surface area contributed by atoms with Crippen LogP contribution in [-0.2, 0) is 14.4 Å². The van der Waals surface area contributed by atoms with Gasteiger partial charge in [0.25, 0.3) is 0 Å². The Kier molecular flexibility index (Phi) is 8.74. The molecule has 1 aromatic heterocycles. The number of carbonyl (C=O) groups excluding carboxylic acids is 2. The molecule has 2 aliphatic rings. The molecule has 2 aromatic carbocycles. The third-order valence-electron chi connectivity index (χ3n) is 7.20. The molecule has 220 valence electrons. The smallest absolute Gasteiger partial charge is 0.247 e. The number of halogens is 2. The molecule has 13 heteroatoms. The predicted molar refractivity (Wildman–Crippen MR) is 159 cm³/mol. The second-order valence-corrected chi connectivity index (χ2v) is 10.2. The summed E-state index contributed by atoms with van der Waals surface area (Å²) in [5.74, 6) is 0.601. The van der Waals surface area contributed by atoms with E-state index < -0.39 is 5.82 Å². The van der Waals surface area contributed by atoms with E-state index in [1.54, 1.807) is 42.2 Å². The zero-order chi connectivity index (χ0) is 29.8. The normalized spacial score (nSPS) is 16.8. The number of ether oxygens (including phenoxy) is 1. The van der Waals surface area contributed by atoms with Crippen molar-refractivity contribution in [1.29, 1.82) is 0 Å². The molecular formula is C29H31ClFN7O4. The van der Waals surface area contributed by atoms with Crippen LogP contribution in [0.25, 0.3) is 0 Å². The Bertz CT molecular complexity index is 1500. The van der Waals surface area contributed by atoms with Crippen LogP contribution in [0.2, 0.25) is 5.02 Å². The maximum absolute atomic E-state index is 14.2. The second kappa shape index (κ2) is 12.6. The topological polar surface area (TPSA) is 112 Å². The highest BCUT2D eigenvalue weighted by Gasteiger charge is 2.30. The van der Waals surface area contributed by atoms with Crippen molar-refractivity contribution >= 4 is 52.1 Å². The van der Waals surface area contributed by atoms with Crippen molar-refractivity contribution < 1.29 is 23.6 Å². The van der Waals surface area contributed by atoms with Crippen molar-refractivity contribution in [2.45, 2.75) is 19.4 Å². The van der Waals surface area contributed by atoms with Gasteiger partial charge < -0.3 is 25.2 Å². The van der Waals surface area contributed by atoms with E-state index in [0.29, 0.717) is 73.5 Å². The Morgan fingerprint density at radius 3 is 2.62 bits per heavy atom. The average molecular weight is 596 g/mol. The molecule has 2 saturated heterocycles. The lowest BCUT2D eigenvalue weighted by molar-refractivity contribution is -0.129. The maximum atomic E-state index is 14.2. The van der Waals surface area contributed by atoms with Crippen molar-refractivity contribution in [3.05, 3.63) is 71.8 Å². The van der Waals surface area contributed by atoms with Crippen LogP contribution in [0.15, 0.2) is 55.4 Å². The number of aromatic nitrogens is 2. The summed E-state index contributed by atoms with van der Waals surface area (Å²) in [4.78, 5) is 42.6. The van der Waals surface area contributed by atoms with E-state index in [0.717, 1.165) is 5.69 Å². The van der Waals surface area contributed by atoms with Crippen molar-refractivity contribution in [3.63, 3.8) is 0 Å². The Morgan fingerprint density at radius 2 is 1.93 bits per heavy atom. The standard InChI is InChI=1S/C29H31ClFN7O4/c1-4-29(40)35-22-14-23(26(41-3)15-25(22)37-10-8-36(9-11-37)18(2)39)34-27-16-28(33-17-32-27)38-24(7-12-42-38)19-5-6-20(30)21(31)13-19/h4-6,13-17,24H,1,7-12H2,2-3H3,(H,35,40)(H,32,33,34)/t24-/m1/s1. The number of rotatable bonds is 8. The number of carbonyl (C=O) groups is 2. The van der Waals surface area contributed by atoms with Gasteiger partial charge in [-0.25, -0.2) is 19.4 Å². The minimum atomic E-state index is -0.498. The summed E-state index contributed by atoms with van der Waals surface area (Å²) in [7, 11) is 1.55. The number of anilines is 5. The Balaban J connectivity index is 1.42. The zero-order valence-corrected chi connectivity index (χ0v) is 24.0. The molecule has 2 N–H and O–H groups in total. The third kappa shape index (κ3) is 6.24. The predicted octanol–water partition coefficient (Wildman–Crippen LogP) is 4.70. The molecular weight excluding hydrogens is 565 g/mol. The van der Waals surface area contributed by atoms with Gasteiger partial charge in [-0.1, -0.05) is 24.2 Å². The van der Waals surface area contributed by atoms with E-state index in [9.17, 15) is 14.0 Å². The highest BCUT2D eigenvalue weighted by Crippen LogP contribution is 2.40. The Morgan fingerprint density at radius 1 is 1.14 bits per heavy atom. The van der Waals surface area contributed by atoms with E-state index >= 15 is 0 Å². The SMILES string of the molecule is C=CC(=O)Nc1cc(Nc2cc(N3OCC[C@@H]3c3ccc(Cl)c(F)c3)ncn2)c(OC)cc1N1CCN(C(C)=O)CC1.